The molecule has 0 amide bonds. The van der Waals surface area contributed by atoms with Crippen molar-refractivity contribution in [3.63, 3.8) is 0 Å². The Hall–Kier alpha value is -2.21. The molecule has 2 heterocycles. The van der Waals surface area contributed by atoms with Gasteiger partial charge in [-0.05, 0) is 12.1 Å². The molecule has 5 nitrogen and oxygen atoms in total. The monoisotopic (exact) mass is 261 g/mol. The van der Waals surface area contributed by atoms with Crippen molar-refractivity contribution >= 4 is 5.97 Å². The lowest BCUT2D eigenvalue weighted by Crippen LogP contribution is -2.25. The summed E-state index contributed by atoms with van der Waals surface area (Å²) in [5.41, 5.74) is 1.68. The number of aromatic carboxylic acids is 1. The molecule has 0 saturated heterocycles. The van der Waals surface area contributed by atoms with E-state index in [1.807, 2.05) is 0 Å². The highest BCUT2D eigenvalue weighted by atomic mass is 19.1. The lowest BCUT2D eigenvalue weighted by atomic mass is 10.1. The molecule has 6 heteroatoms. The van der Waals surface area contributed by atoms with Crippen LogP contribution in [-0.2, 0) is 13.0 Å². The van der Waals surface area contributed by atoms with E-state index < -0.39 is 11.8 Å². The Balaban J connectivity index is 2.22. The first kappa shape index (κ1) is 11.9. The zero-order chi connectivity index (χ0) is 13.4. The molecule has 0 saturated carbocycles. The third-order valence-electron chi connectivity index (χ3n) is 3.21. The van der Waals surface area contributed by atoms with Crippen molar-refractivity contribution in [2.75, 3.05) is 6.54 Å². The summed E-state index contributed by atoms with van der Waals surface area (Å²) >= 11 is 0. The van der Waals surface area contributed by atoms with Gasteiger partial charge in [-0.25, -0.2) is 13.9 Å². The van der Waals surface area contributed by atoms with Crippen LogP contribution in [0.3, 0.4) is 0 Å². The van der Waals surface area contributed by atoms with Crippen molar-refractivity contribution in [2.45, 2.75) is 13.0 Å². The number of fused-ring (bicyclic) bond motifs is 1. The Morgan fingerprint density at radius 3 is 2.95 bits per heavy atom. The van der Waals surface area contributed by atoms with Gasteiger partial charge < -0.3 is 10.4 Å². The van der Waals surface area contributed by atoms with Crippen LogP contribution in [0.1, 0.15) is 21.7 Å². The van der Waals surface area contributed by atoms with Crippen molar-refractivity contribution < 1.29 is 14.3 Å². The Labute approximate surface area is 108 Å². The van der Waals surface area contributed by atoms with Gasteiger partial charge in [0.25, 0.3) is 0 Å². The molecule has 0 radical (unpaired) electrons. The van der Waals surface area contributed by atoms with Crippen LogP contribution in [-0.4, -0.2) is 27.4 Å². The summed E-state index contributed by atoms with van der Waals surface area (Å²) in [6, 6.07) is 6.23. The van der Waals surface area contributed by atoms with Crippen LogP contribution in [0.15, 0.2) is 24.3 Å². The maximum absolute atomic E-state index is 13.8. The fraction of sp³-hybridized carbons (Fsp3) is 0.231. The largest absolute Gasteiger partial charge is 0.476 e. The SMILES string of the molecule is O=C(O)c1nn(-c2ccccc2F)c2c1CNCC2. The zero-order valence-corrected chi connectivity index (χ0v) is 10.1. The number of carbonyl (C=O) groups is 1. The maximum Gasteiger partial charge on any atom is 0.356 e. The summed E-state index contributed by atoms with van der Waals surface area (Å²) in [5.74, 6) is -1.50. The standard InChI is InChI=1S/C13H12FN3O2/c14-9-3-1-2-4-11(9)17-10-5-6-15-7-8(10)12(16-17)13(18)19/h1-4,15H,5-7H2,(H,18,19). The summed E-state index contributed by atoms with van der Waals surface area (Å²) in [7, 11) is 0. The number of halogens is 1. The van der Waals surface area contributed by atoms with Crippen molar-refractivity contribution in [2.24, 2.45) is 0 Å². The van der Waals surface area contributed by atoms with E-state index in [1.165, 1.54) is 10.7 Å². The molecule has 1 aromatic heterocycles. The Bertz CT molecular complexity index is 651. The van der Waals surface area contributed by atoms with Gasteiger partial charge in [0.1, 0.15) is 11.5 Å². The molecule has 0 bridgehead atoms. The van der Waals surface area contributed by atoms with E-state index in [0.717, 1.165) is 12.2 Å². The number of rotatable bonds is 2. The lowest BCUT2D eigenvalue weighted by Gasteiger charge is -2.15. The summed E-state index contributed by atoms with van der Waals surface area (Å²) in [6.45, 7) is 1.18. The van der Waals surface area contributed by atoms with Crippen molar-refractivity contribution in [1.82, 2.24) is 15.1 Å². The first-order chi connectivity index (χ1) is 9.18. The number of hydrogen-bond donors (Lipinski definition) is 2. The van der Waals surface area contributed by atoms with Gasteiger partial charge in [-0.15, -0.1) is 0 Å². The van der Waals surface area contributed by atoms with Crippen molar-refractivity contribution in [3.8, 4) is 5.69 Å². The van der Waals surface area contributed by atoms with Crippen LogP contribution in [0.25, 0.3) is 5.69 Å². The second-order valence-electron chi connectivity index (χ2n) is 4.37. The predicted octanol–water partition coefficient (Wildman–Crippen LogP) is 1.36. The number of nitrogens with zero attached hydrogens (tertiary/aromatic N) is 2. The molecule has 19 heavy (non-hydrogen) atoms. The van der Waals surface area contributed by atoms with Crippen LogP contribution in [0, 0.1) is 5.82 Å². The van der Waals surface area contributed by atoms with Gasteiger partial charge in [-0.1, -0.05) is 12.1 Å². The molecule has 0 aliphatic carbocycles. The van der Waals surface area contributed by atoms with E-state index in [9.17, 15) is 14.3 Å². The van der Waals surface area contributed by atoms with E-state index in [1.54, 1.807) is 18.2 Å². The van der Waals surface area contributed by atoms with Gasteiger partial charge in [-0.2, -0.15) is 5.10 Å². The summed E-state index contributed by atoms with van der Waals surface area (Å²) in [6.07, 6.45) is 0.629. The minimum absolute atomic E-state index is 0.00884. The fourth-order valence-electron chi connectivity index (χ4n) is 2.34. The van der Waals surface area contributed by atoms with E-state index in [0.29, 0.717) is 18.5 Å². The molecule has 2 N–H and O–H groups in total. The second-order valence-corrected chi connectivity index (χ2v) is 4.37. The van der Waals surface area contributed by atoms with Crippen molar-refractivity contribution in [1.29, 1.82) is 0 Å². The van der Waals surface area contributed by atoms with Crippen molar-refractivity contribution in [3.05, 3.63) is 47.0 Å². The molecule has 1 aromatic carbocycles. The number of aromatic nitrogens is 2. The van der Waals surface area contributed by atoms with E-state index in [-0.39, 0.29) is 11.4 Å². The first-order valence-corrected chi connectivity index (χ1v) is 5.98. The average molecular weight is 261 g/mol. The Kier molecular flexibility index (Phi) is 2.79. The maximum atomic E-state index is 13.8. The minimum atomic E-state index is -1.09. The third kappa shape index (κ3) is 1.90. The molecule has 3 rings (SSSR count). The van der Waals surface area contributed by atoms with Crippen LogP contribution < -0.4 is 5.32 Å². The number of nitrogens with one attached hydrogen (secondary N) is 1. The number of benzene rings is 1. The van der Waals surface area contributed by atoms with Gasteiger partial charge in [-0.3, -0.25) is 0 Å². The minimum Gasteiger partial charge on any atom is -0.476 e. The van der Waals surface area contributed by atoms with Crippen LogP contribution >= 0.6 is 0 Å². The number of carboxylic acid groups (broad SMARTS) is 1. The Morgan fingerprint density at radius 1 is 1.42 bits per heavy atom. The van der Waals surface area contributed by atoms with E-state index >= 15 is 0 Å². The Morgan fingerprint density at radius 2 is 2.21 bits per heavy atom. The molecule has 1 aliphatic rings. The van der Waals surface area contributed by atoms with Crippen LogP contribution in [0.4, 0.5) is 4.39 Å². The molecule has 2 aromatic rings. The molecule has 0 atom stereocenters. The highest BCUT2D eigenvalue weighted by Crippen LogP contribution is 2.23. The molecule has 1 aliphatic heterocycles. The number of hydrogen-bond acceptors (Lipinski definition) is 3. The quantitative estimate of drug-likeness (QED) is 0.856. The van der Waals surface area contributed by atoms with E-state index in [4.69, 9.17) is 0 Å². The summed E-state index contributed by atoms with van der Waals surface area (Å²) in [4.78, 5) is 11.2. The summed E-state index contributed by atoms with van der Waals surface area (Å²) < 4.78 is 15.2. The molecule has 0 fully saturated rings. The molecule has 98 valence electrons. The fourth-order valence-corrected chi connectivity index (χ4v) is 2.34. The molecule has 0 spiro atoms. The number of para-hydroxylation sites is 1. The number of carboxylic acids is 1. The summed E-state index contributed by atoms with van der Waals surface area (Å²) in [5, 5.41) is 16.3. The highest BCUT2D eigenvalue weighted by molar-refractivity contribution is 5.87. The second kappa shape index (κ2) is 4.47. The van der Waals surface area contributed by atoms with Gasteiger partial charge in [0.05, 0.1) is 5.69 Å². The van der Waals surface area contributed by atoms with E-state index in [2.05, 4.69) is 10.4 Å². The normalized spacial score (nSPS) is 14.2. The third-order valence-corrected chi connectivity index (χ3v) is 3.21. The lowest BCUT2D eigenvalue weighted by molar-refractivity contribution is 0.0688. The molecule has 0 unspecified atom stereocenters. The van der Waals surface area contributed by atoms with Gasteiger partial charge in [0.15, 0.2) is 5.69 Å². The zero-order valence-electron chi connectivity index (χ0n) is 10.1. The smallest absolute Gasteiger partial charge is 0.356 e. The van der Waals surface area contributed by atoms with Crippen LogP contribution in [0.5, 0.6) is 0 Å². The molecular weight excluding hydrogens is 249 g/mol. The highest BCUT2D eigenvalue weighted by Gasteiger charge is 2.25. The van der Waals surface area contributed by atoms with Gasteiger partial charge in [0.2, 0.25) is 0 Å². The van der Waals surface area contributed by atoms with Crippen LogP contribution in [0.2, 0.25) is 0 Å². The first-order valence-electron chi connectivity index (χ1n) is 5.98. The topological polar surface area (TPSA) is 67.1 Å². The predicted molar refractivity (Wildman–Crippen MR) is 65.9 cm³/mol. The van der Waals surface area contributed by atoms with Gasteiger partial charge in [0, 0.05) is 25.1 Å². The molecular formula is C13H12FN3O2. The van der Waals surface area contributed by atoms with Gasteiger partial charge >= 0.3 is 5.97 Å². The average Bonchev–Trinajstić information content (AvgIpc) is 2.79.